The molecule has 0 radical (unpaired) electrons. The average molecular weight is 404 g/mol. The molecule has 1 aliphatic rings. The van der Waals surface area contributed by atoms with Crippen LogP contribution >= 0.6 is 0 Å². The highest BCUT2D eigenvalue weighted by molar-refractivity contribution is 5.97. The molecule has 2 heterocycles. The van der Waals surface area contributed by atoms with E-state index in [0.717, 1.165) is 50.6 Å². The number of aliphatic carboxylic acids is 1. The zero-order chi connectivity index (χ0) is 21.3. The number of nitrogens with one attached hydrogen (secondary N) is 2. The molecule has 1 aromatic rings. The van der Waals surface area contributed by atoms with E-state index in [-0.39, 0.29) is 23.8 Å². The van der Waals surface area contributed by atoms with Crippen LogP contribution < -0.4 is 10.6 Å². The second-order valence-corrected chi connectivity index (χ2v) is 8.35. The van der Waals surface area contributed by atoms with Crippen LogP contribution in [0.25, 0.3) is 0 Å². The molecule has 2 rings (SSSR count). The number of carboxylic acid groups (broad SMARTS) is 1. The topological polar surface area (TPSA) is 117 Å². The van der Waals surface area contributed by atoms with Crippen molar-refractivity contribution in [2.45, 2.75) is 83.6 Å². The molecule has 1 aromatic heterocycles. The number of aromatic nitrogens is 2. The van der Waals surface area contributed by atoms with E-state index in [1.807, 2.05) is 6.92 Å². The fraction of sp³-hybridized carbons (Fsp3) is 0.667. The minimum atomic E-state index is -0.810. The lowest BCUT2D eigenvalue weighted by molar-refractivity contribution is -0.137. The maximum atomic E-state index is 12.1. The molecule has 160 valence electrons. The molecule has 0 spiro atoms. The highest BCUT2D eigenvalue weighted by Crippen LogP contribution is 2.25. The van der Waals surface area contributed by atoms with E-state index >= 15 is 0 Å². The van der Waals surface area contributed by atoms with Crippen LogP contribution in [0, 0.1) is 6.92 Å². The van der Waals surface area contributed by atoms with E-state index in [1.165, 1.54) is 0 Å². The van der Waals surface area contributed by atoms with Crippen molar-refractivity contribution in [3.05, 3.63) is 23.8 Å². The van der Waals surface area contributed by atoms with Crippen molar-refractivity contribution in [3.63, 3.8) is 0 Å². The number of carbonyl (C=O) groups is 2. The monoisotopic (exact) mass is 403 g/mol. The number of carbonyl (C=O) groups excluding carboxylic acids is 1. The molecular formula is C21H33N5O3. The molecule has 0 aromatic carbocycles. The first kappa shape index (κ1) is 22.8. The van der Waals surface area contributed by atoms with Crippen LogP contribution in [-0.4, -0.2) is 45.0 Å². The molecule has 1 atom stereocenters. The number of rotatable bonds is 10. The summed E-state index contributed by atoms with van der Waals surface area (Å²) in [7, 11) is 0. The minimum Gasteiger partial charge on any atom is -0.481 e. The maximum absolute atomic E-state index is 12.1. The summed E-state index contributed by atoms with van der Waals surface area (Å²) in [5, 5.41) is 15.3. The summed E-state index contributed by atoms with van der Waals surface area (Å²) in [4.78, 5) is 35.9. The Morgan fingerprint density at radius 1 is 1.21 bits per heavy atom. The Balaban J connectivity index is 1.65. The molecule has 0 saturated carbocycles. The van der Waals surface area contributed by atoms with Gasteiger partial charge in [-0.25, -0.2) is 9.97 Å². The standard InChI is InChI=1S/C21H33N5O3/c1-15-23-13-17(14-24-15)16(12-19(28)29)8-6-4-5-7-9-18(27)25-20-22-11-10-21(2,3)26-20/h13-14,16H,4-12H2,1-3H3,(H,28,29)(H2,22,25,26,27)/t16-/m0/s1. The molecule has 0 aliphatic carbocycles. The van der Waals surface area contributed by atoms with Gasteiger partial charge in [-0.3, -0.25) is 19.9 Å². The van der Waals surface area contributed by atoms with Crippen molar-refractivity contribution in [3.8, 4) is 0 Å². The second-order valence-electron chi connectivity index (χ2n) is 8.35. The molecule has 1 aliphatic heterocycles. The number of amides is 1. The van der Waals surface area contributed by atoms with Gasteiger partial charge >= 0.3 is 5.97 Å². The molecule has 8 nitrogen and oxygen atoms in total. The van der Waals surface area contributed by atoms with Crippen molar-refractivity contribution >= 4 is 17.8 Å². The van der Waals surface area contributed by atoms with Crippen LogP contribution in [0.1, 0.15) is 82.5 Å². The normalized spacial score (nSPS) is 16.4. The molecule has 29 heavy (non-hydrogen) atoms. The summed E-state index contributed by atoms with van der Waals surface area (Å²) >= 11 is 0. The van der Waals surface area contributed by atoms with E-state index in [1.54, 1.807) is 12.4 Å². The van der Waals surface area contributed by atoms with Gasteiger partial charge < -0.3 is 10.4 Å². The molecule has 0 saturated heterocycles. The van der Waals surface area contributed by atoms with E-state index in [9.17, 15) is 9.59 Å². The maximum Gasteiger partial charge on any atom is 0.303 e. The van der Waals surface area contributed by atoms with Crippen molar-refractivity contribution in [1.29, 1.82) is 0 Å². The highest BCUT2D eigenvalue weighted by Gasteiger charge is 2.23. The van der Waals surface area contributed by atoms with Gasteiger partial charge in [0, 0.05) is 30.9 Å². The smallest absolute Gasteiger partial charge is 0.303 e. The first-order chi connectivity index (χ1) is 13.7. The first-order valence-corrected chi connectivity index (χ1v) is 10.4. The number of hydrogen-bond acceptors (Lipinski definition) is 6. The molecule has 0 unspecified atom stereocenters. The minimum absolute atomic E-state index is 0.0190. The van der Waals surface area contributed by atoms with Gasteiger partial charge in [-0.2, -0.15) is 0 Å². The first-order valence-electron chi connectivity index (χ1n) is 10.4. The van der Waals surface area contributed by atoms with Gasteiger partial charge in [-0.15, -0.1) is 0 Å². The summed E-state index contributed by atoms with van der Waals surface area (Å²) in [6.07, 6.45) is 9.34. The Hall–Kier alpha value is -2.51. The molecule has 3 N–H and O–H groups in total. The second kappa shape index (κ2) is 10.9. The molecule has 0 bridgehead atoms. The van der Waals surface area contributed by atoms with Crippen LogP contribution in [-0.2, 0) is 9.59 Å². The van der Waals surface area contributed by atoms with Crippen molar-refractivity contribution in [1.82, 2.24) is 20.6 Å². The fourth-order valence-corrected chi connectivity index (χ4v) is 3.38. The Labute approximate surface area is 172 Å². The van der Waals surface area contributed by atoms with Gasteiger partial charge in [0.05, 0.1) is 6.42 Å². The van der Waals surface area contributed by atoms with E-state index in [4.69, 9.17) is 5.11 Å². The number of carboxylic acids is 1. The van der Waals surface area contributed by atoms with Gasteiger partial charge in [0.1, 0.15) is 5.82 Å². The summed E-state index contributed by atoms with van der Waals surface area (Å²) < 4.78 is 0. The Kier molecular flexibility index (Phi) is 8.54. The number of aliphatic imine (C=N–C) groups is 1. The van der Waals surface area contributed by atoms with Gasteiger partial charge in [-0.05, 0) is 51.5 Å². The average Bonchev–Trinajstić information content (AvgIpc) is 2.63. The zero-order valence-electron chi connectivity index (χ0n) is 17.7. The Morgan fingerprint density at radius 3 is 2.55 bits per heavy atom. The number of unbranched alkanes of at least 4 members (excludes halogenated alkanes) is 3. The van der Waals surface area contributed by atoms with E-state index in [2.05, 4.69) is 39.4 Å². The Morgan fingerprint density at radius 2 is 1.90 bits per heavy atom. The summed E-state index contributed by atoms with van der Waals surface area (Å²) in [6.45, 7) is 6.71. The highest BCUT2D eigenvalue weighted by atomic mass is 16.4. The largest absolute Gasteiger partial charge is 0.481 e. The zero-order valence-corrected chi connectivity index (χ0v) is 17.7. The summed E-state index contributed by atoms with van der Waals surface area (Å²) in [5.74, 6) is 0.349. The number of aryl methyl sites for hydroxylation is 1. The molecule has 0 fully saturated rings. The van der Waals surface area contributed by atoms with Crippen molar-refractivity contribution in [2.24, 2.45) is 4.99 Å². The summed E-state index contributed by atoms with van der Waals surface area (Å²) in [6, 6.07) is 0. The number of nitrogens with zero attached hydrogens (tertiary/aromatic N) is 3. The lowest BCUT2D eigenvalue weighted by atomic mass is 9.92. The predicted octanol–water partition coefficient (Wildman–Crippen LogP) is 2.93. The van der Waals surface area contributed by atoms with E-state index < -0.39 is 5.97 Å². The summed E-state index contributed by atoms with van der Waals surface area (Å²) in [5.41, 5.74) is 0.834. The van der Waals surface area contributed by atoms with E-state index in [0.29, 0.717) is 18.2 Å². The fourth-order valence-electron chi connectivity index (χ4n) is 3.38. The third kappa shape index (κ3) is 8.58. The van der Waals surface area contributed by atoms with Crippen LogP contribution in [0.15, 0.2) is 17.4 Å². The molecular weight excluding hydrogens is 370 g/mol. The van der Waals surface area contributed by atoms with Gasteiger partial charge in [0.2, 0.25) is 5.91 Å². The van der Waals surface area contributed by atoms with Crippen molar-refractivity contribution < 1.29 is 14.7 Å². The lowest BCUT2D eigenvalue weighted by Crippen LogP contribution is -2.53. The number of guanidine groups is 1. The third-order valence-corrected chi connectivity index (χ3v) is 5.12. The third-order valence-electron chi connectivity index (χ3n) is 5.12. The van der Waals surface area contributed by atoms with Crippen LogP contribution in [0.3, 0.4) is 0 Å². The molecule has 8 heteroatoms. The van der Waals surface area contributed by atoms with Crippen LogP contribution in [0.2, 0.25) is 0 Å². The van der Waals surface area contributed by atoms with Crippen LogP contribution in [0.5, 0.6) is 0 Å². The SMILES string of the molecule is Cc1ncc([C@@H](CCCCCCC(=O)NC2=NCCC(C)(C)N2)CC(=O)O)cn1. The lowest BCUT2D eigenvalue weighted by Gasteiger charge is -2.31. The van der Waals surface area contributed by atoms with Crippen molar-refractivity contribution in [2.75, 3.05) is 6.54 Å². The predicted molar refractivity (Wildman–Crippen MR) is 112 cm³/mol. The van der Waals surface area contributed by atoms with Crippen LogP contribution in [0.4, 0.5) is 0 Å². The van der Waals surface area contributed by atoms with Gasteiger partial charge in [-0.1, -0.05) is 19.3 Å². The van der Waals surface area contributed by atoms with Gasteiger partial charge in [0.25, 0.3) is 0 Å². The quantitative estimate of drug-likeness (QED) is 0.517. The van der Waals surface area contributed by atoms with Gasteiger partial charge in [0.15, 0.2) is 5.96 Å². The number of hydrogen-bond donors (Lipinski definition) is 3. The molecule has 1 amide bonds. The Bertz CT molecular complexity index is 716.